The fraction of sp³-hybridized carbons (Fsp3) is 0.263. The molecule has 7 heteroatoms. The molecule has 0 bridgehead atoms. The van der Waals surface area contributed by atoms with Gasteiger partial charge < -0.3 is 10.2 Å². The molecule has 2 aromatic carbocycles. The molecule has 2 amide bonds. The van der Waals surface area contributed by atoms with Crippen molar-refractivity contribution in [2.24, 2.45) is 0 Å². The molecule has 1 fully saturated rings. The first-order valence-electron chi connectivity index (χ1n) is 8.24. The van der Waals surface area contributed by atoms with Gasteiger partial charge in [0.05, 0.1) is 0 Å². The fourth-order valence-electron chi connectivity index (χ4n) is 2.87. The predicted molar refractivity (Wildman–Crippen MR) is 97.6 cm³/mol. The molecule has 0 radical (unpaired) electrons. The Kier molecular flexibility index (Phi) is 5.56. The van der Waals surface area contributed by atoms with E-state index in [2.05, 4.69) is 5.32 Å². The van der Waals surface area contributed by atoms with Crippen molar-refractivity contribution in [3.63, 3.8) is 0 Å². The second-order valence-electron chi connectivity index (χ2n) is 5.91. The molecule has 0 aliphatic carbocycles. The Hall–Kier alpha value is -2.41. The van der Waals surface area contributed by atoms with Crippen LogP contribution < -0.4 is 5.32 Å². The van der Waals surface area contributed by atoms with Crippen LogP contribution in [-0.2, 0) is 9.59 Å². The van der Waals surface area contributed by atoms with Gasteiger partial charge in [0.2, 0.25) is 11.8 Å². The van der Waals surface area contributed by atoms with Crippen molar-refractivity contribution in [2.75, 3.05) is 11.1 Å². The highest BCUT2D eigenvalue weighted by Crippen LogP contribution is 2.42. The van der Waals surface area contributed by atoms with E-state index in [1.54, 1.807) is 19.1 Å². The van der Waals surface area contributed by atoms with Gasteiger partial charge in [0.1, 0.15) is 23.1 Å². The van der Waals surface area contributed by atoms with Gasteiger partial charge in [-0.2, -0.15) is 0 Å². The number of carbonyl (C=O) groups excluding carboxylic acids is 2. The molecule has 1 N–H and O–H groups in total. The molecular formula is C19H18F2N2O2S. The highest BCUT2D eigenvalue weighted by Gasteiger charge is 2.41. The number of benzene rings is 2. The van der Waals surface area contributed by atoms with Crippen LogP contribution in [0.2, 0.25) is 0 Å². The predicted octanol–water partition coefficient (Wildman–Crippen LogP) is 3.96. The lowest BCUT2D eigenvalue weighted by atomic mass is 10.1. The first-order valence-corrected chi connectivity index (χ1v) is 9.29. The van der Waals surface area contributed by atoms with Crippen LogP contribution in [0.1, 0.15) is 24.3 Å². The first-order chi connectivity index (χ1) is 12.5. The van der Waals surface area contributed by atoms with Gasteiger partial charge in [0.15, 0.2) is 0 Å². The first kappa shape index (κ1) is 18.4. The summed E-state index contributed by atoms with van der Waals surface area (Å²) < 4.78 is 26.6. The van der Waals surface area contributed by atoms with Crippen molar-refractivity contribution in [3.8, 4) is 0 Å². The van der Waals surface area contributed by atoms with Crippen LogP contribution >= 0.6 is 11.8 Å². The maximum Gasteiger partial charge on any atom is 0.248 e. The van der Waals surface area contributed by atoms with Crippen molar-refractivity contribution in [2.45, 2.75) is 24.8 Å². The Bertz CT molecular complexity index is 813. The molecule has 1 saturated heterocycles. The third-order valence-corrected chi connectivity index (χ3v) is 5.46. The number of carbonyl (C=O) groups is 2. The lowest BCUT2D eigenvalue weighted by Gasteiger charge is -2.28. The molecule has 2 aromatic rings. The summed E-state index contributed by atoms with van der Waals surface area (Å²) in [6, 6.07) is 10.8. The molecule has 0 aromatic heterocycles. The van der Waals surface area contributed by atoms with Gasteiger partial charge in [0, 0.05) is 17.9 Å². The van der Waals surface area contributed by atoms with Crippen LogP contribution in [0.15, 0.2) is 48.5 Å². The summed E-state index contributed by atoms with van der Waals surface area (Å²) in [5.74, 6) is -0.895. The minimum absolute atomic E-state index is 0.177. The zero-order chi connectivity index (χ0) is 18.7. The molecule has 2 unspecified atom stereocenters. The molecule has 0 saturated carbocycles. The Labute approximate surface area is 154 Å². The van der Waals surface area contributed by atoms with E-state index < -0.39 is 17.2 Å². The van der Waals surface area contributed by atoms with Crippen LogP contribution in [0.5, 0.6) is 0 Å². The number of amides is 2. The minimum atomic E-state index is -0.675. The van der Waals surface area contributed by atoms with Crippen LogP contribution in [0.3, 0.4) is 0 Å². The molecule has 1 aliphatic heterocycles. The van der Waals surface area contributed by atoms with E-state index >= 15 is 0 Å². The van der Waals surface area contributed by atoms with E-state index in [4.69, 9.17) is 0 Å². The molecule has 1 aliphatic rings. The number of hydrogen-bond acceptors (Lipinski definition) is 3. The van der Waals surface area contributed by atoms with Crippen molar-refractivity contribution < 1.29 is 18.4 Å². The number of thioether (sulfide) groups is 1. The number of hydrogen-bond donors (Lipinski definition) is 1. The zero-order valence-electron chi connectivity index (χ0n) is 14.1. The molecule has 26 heavy (non-hydrogen) atoms. The summed E-state index contributed by atoms with van der Waals surface area (Å²) in [4.78, 5) is 26.7. The van der Waals surface area contributed by atoms with E-state index in [9.17, 15) is 18.4 Å². The molecule has 3 rings (SSSR count). The van der Waals surface area contributed by atoms with Gasteiger partial charge in [-0.1, -0.05) is 19.1 Å². The van der Waals surface area contributed by atoms with Crippen LogP contribution in [0, 0.1) is 11.6 Å². The third-order valence-electron chi connectivity index (χ3n) is 4.14. The molecule has 4 nitrogen and oxygen atoms in total. The van der Waals surface area contributed by atoms with Gasteiger partial charge in [-0.25, -0.2) is 8.78 Å². The summed E-state index contributed by atoms with van der Waals surface area (Å²) in [5, 5.41) is 2.30. The van der Waals surface area contributed by atoms with Crippen LogP contribution in [-0.4, -0.2) is 28.5 Å². The average molecular weight is 376 g/mol. The maximum atomic E-state index is 13.6. The summed E-state index contributed by atoms with van der Waals surface area (Å²) >= 11 is 1.42. The number of nitrogens with zero attached hydrogens (tertiary/aromatic N) is 1. The molecule has 0 spiro atoms. The minimum Gasteiger partial charge on any atom is -0.324 e. The number of rotatable bonds is 4. The molecule has 1 heterocycles. The zero-order valence-corrected chi connectivity index (χ0v) is 14.9. The normalized spacial score (nSPS) is 19.4. The highest BCUT2D eigenvalue weighted by atomic mass is 32.2. The van der Waals surface area contributed by atoms with Gasteiger partial charge in [0.25, 0.3) is 0 Å². The van der Waals surface area contributed by atoms with Crippen LogP contribution in [0.4, 0.5) is 14.5 Å². The Morgan fingerprint density at radius 3 is 2.54 bits per heavy atom. The smallest absolute Gasteiger partial charge is 0.248 e. The van der Waals surface area contributed by atoms with Crippen molar-refractivity contribution in [3.05, 3.63) is 65.7 Å². The number of nitrogens with one attached hydrogen (secondary N) is 1. The monoisotopic (exact) mass is 376 g/mol. The second-order valence-corrected chi connectivity index (χ2v) is 7.02. The van der Waals surface area contributed by atoms with Crippen molar-refractivity contribution in [1.82, 2.24) is 4.90 Å². The topological polar surface area (TPSA) is 49.4 Å². The average Bonchev–Trinajstić information content (AvgIpc) is 3.08. The maximum absolute atomic E-state index is 13.6. The van der Waals surface area contributed by atoms with Gasteiger partial charge in [-0.05, 0) is 42.0 Å². The second kappa shape index (κ2) is 7.86. The lowest BCUT2D eigenvalue weighted by Crippen LogP contribution is -2.45. The van der Waals surface area contributed by atoms with Gasteiger partial charge in [-0.3, -0.25) is 9.59 Å². The van der Waals surface area contributed by atoms with E-state index in [0.717, 1.165) is 0 Å². The highest BCUT2D eigenvalue weighted by molar-refractivity contribution is 7.99. The van der Waals surface area contributed by atoms with E-state index in [1.165, 1.54) is 53.1 Å². The third kappa shape index (κ3) is 3.88. The Morgan fingerprint density at radius 1 is 1.15 bits per heavy atom. The number of anilines is 1. The quantitative estimate of drug-likeness (QED) is 0.879. The van der Waals surface area contributed by atoms with Gasteiger partial charge >= 0.3 is 0 Å². The lowest BCUT2D eigenvalue weighted by molar-refractivity contribution is -0.137. The van der Waals surface area contributed by atoms with Gasteiger partial charge in [-0.15, -0.1) is 11.8 Å². The molecule has 2 atom stereocenters. The largest absolute Gasteiger partial charge is 0.324 e. The number of halogens is 2. The molecule has 136 valence electrons. The standard InChI is InChI=1S/C19H18F2N2O2S/c1-2-17(24)23-16(18(25)22-15-8-6-13(20)7-9-15)11-26-19(23)12-4-3-5-14(21)10-12/h3-10,16,19H,2,11H2,1H3,(H,22,25). The van der Waals surface area contributed by atoms with E-state index in [-0.39, 0.29) is 24.1 Å². The van der Waals surface area contributed by atoms with Crippen molar-refractivity contribution >= 4 is 29.3 Å². The summed E-state index contributed by atoms with van der Waals surface area (Å²) in [6.07, 6.45) is 0.243. The SMILES string of the molecule is CCC(=O)N1C(C(=O)Nc2ccc(F)cc2)CSC1c1cccc(F)c1. The summed E-state index contributed by atoms with van der Waals surface area (Å²) in [5.41, 5.74) is 1.10. The van der Waals surface area contributed by atoms with E-state index in [0.29, 0.717) is 17.0 Å². The fourth-order valence-corrected chi connectivity index (χ4v) is 4.31. The Balaban J connectivity index is 1.83. The summed E-state index contributed by atoms with van der Waals surface area (Å²) in [6.45, 7) is 1.73. The van der Waals surface area contributed by atoms with Crippen LogP contribution in [0.25, 0.3) is 0 Å². The van der Waals surface area contributed by atoms with E-state index in [1.807, 2.05) is 0 Å². The van der Waals surface area contributed by atoms with Crippen molar-refractivity contribution in [1.29, 1.82) is 0 Å². The Morgan fingerprint density at radius 2 is 1.88 bits per heavy atom. The molecular weight excluding hydrogens is 358 g/mol. The summed E-state index contributed by atoms with van der Waals surface area (Å²) in [7, 11) is 0.